The van der Waals surface area contributed by atoms with Crippen molar-refractivity contribution in [3.05, 3.63) is 0 Å². The third kappa shape index (κ3) is 3.06. The highest BCUT2D eigenvalue weighted by Gasteiger charge is 2.31. The SMILES string of the molecule is CC(=O)[C@H]1CC[C@H](C(=O)N2CCNCC2)CC1. The lowest BCUT2D eigenvalue weighted by Crippen LogP contribution is -2.49. The van der Waals surface area contributed by atoms with Gasteiger partial charge in [0.15, 0.2) is 0 Å². The Kier molecular flexibility index (Phi) is 4.15. The fourth-order valence-corrected chi connectivity index (χ4v) is 2.89. The number of nitrogens with one attached hydrogen (secondary N) is 1. The van der Waals surface area contributed by atoms with Gasteiger partial charge in [-0.2, -0.15) is 0 Å². The van der Waals surface area contributed by atoms with E-state index in [0.717, 1.165) is 51.9 Å². The van der Waals surface area contributed by atoms with Crippen molar-refractivity contribution in [3.8, 4) is 0 Å². The first kappa shape index (κ1) is 12.6. The van der Waals surface area contributed by atoms with Crippen molar-refractivity contribution in [2.75, 3.05) is 26.2 Å². The summed E-state index contributed by atoms with van der Waals surface area (Å²) in [7, 11) is 0. The van der Waals surface area contributed by atoms with E-state index in [0.29, 0.717) is 5.91 Å². The molecule has 1 amide bonds. The Morgan fingerprint density at radius 2 is 1.53 bits per heavy atom. The molecule has 0 spiro atoms. The zero-order valence-electron chi connectivity index (χ0n) is 10.6. The summed E-state index contributed by atoms with van der Waals surface area (Å²) in [5, 5.41) is 3.26. The highest BCUT2D eigenvalue weighted by Crippen LogP contribution is 2.30. The van der Waals surface area contributed by atoms with Crippen LogP contribution in [0.15, 0.2) is 0 Å². The van der Waals surface area contributed by atoms with Crippen LogP contribution in [0.2, 0.25) is 0 Å². The predicted octanol–water partition coefficient (Wildman–Crippen LogP) is 0.814. The van der Waals surface area contributed by atoms with Crippen LogP contribution in [0.1, 0.15) is 32.6 Å². The van der Waals surface area contributed by atoms with Gasteiger partial charge >= 0.3 is 0 Å². The smallest absolute Gasteiger partial charge is 0.225 e. The molecule has 1 heterocycles. The van der Waals surface area contributed by atoms with E-state index in [1.807, 2.05) is 4.90 Å². The molecule has 0 unspecified atom stereocenters. The number of hydrogen-bond acceptors (Lipinski definition) is 3. The molecule has 1 N–H and O–H groups in total. The van der Waals surface area contributed by atoms with Gasteiger partial charge in [-0.05, 0) is 32.6 Å². The van der Waals surface area contributed by atoms with Crippen molar-refractivity contribution >= 4 is 11.7 Å². The number of carbonyl (C=O) groups excluding carboxylic acids is 2. The molecule has 0 bridgehead atoms. The molecule has 17 heavy (non-hydrogen) atoms. The maximum Gasteiger partial charge on any atom is 0.225 e. The van der Waals surface area contributed by atoms with Crippen LogP contribution in [0, 0.1) is 11.8 Å². The molecule has 2 fully saturated rings. The van der Waals surface area contributed by atoms with E-state index in [1.165, 1.54) is 0 Å². The summed E-state index contributed by atoms with van der Waals surface area (Å²) in [6.07, 6.45) is 3.59. The van der Waals surface area contributed by atoms with Crippen LogP contribution in [-0.2, 0) is 9.59 Å². The summed E-state index contributed by atoms with van der Waals surface area (Å²) in [5.74, 6) is 0.984. The molecular weight excluding hydrogens is 216 g/mol. The van der Waals surface area contributed by atoms with Crippen LogP contribution in [0.3, 0.4) is 0 Å². The van der Waals surface area contributed by atoms with E-state index < -0.39 is 0 Å². The molecule has 0 aromatic heterocycles. The Bertz CT molecular complexity index is 290. The van der Waals surface area contributed by atoms with Gasteiger partial charge in [-0.15, -0.1) is 0 Å². The fraction of sp³-hybridized carbons (Fsp3) is 0.846. The number of piperazine rings is 1. The first-order valence-electron chi connectivity index (χ1n) is 6.68. The quantitative estimate of drug-likeness (QED) is 0.774. The number of amides is 1. The molecule has 0 atom stereocenters. The number of ketones is 1. The summed E-state index contributed by atoms with van der Waals surface area (Å²) in [6.45, 7) is 5.17. The monoisotopic (exact) mass is 238 g/mol. The van der Waals surface area contributed by atoms with Crippen molar-refractivity contribution in [1.29, 1.82) is 0 Å². The maximum absolute atomic E-state index is 12.2. The third-order valence-electron chi connectivity index (χ3n) is 4.08. The van der Waals surface area contributed by atoms with Gasteiger partial charge in [-0.25, -0.2) is 0 Å². The Labute approximate surface area is 103 Å². The number of carbonyl (C=O) groups is 2. The molecule has 96 valence electrons. The molecule has 1 saturated heterocycles. The predicted molar refractivity (Wildman–Crippen MR) is 65.6 cm³/mol. The van der Waals surface area contributed by atoms with Gasteiger partial charge in [0.1, 0.15) is 5.78 Å². The zero-order chi connectivity index (χ0) is 12.3. The second kappa shape index (κ2) is 5.63. The van der Waals surface area contributed by atoms with Gasteiger partial charge in [-0.3, -0.25) is 9.59 Å². The highest BCUT2D eigenvalue weighted by atomic mass is 16.2. The minimum absolute atomic E-state index is 0.170. The first-order valence-corrected chi connectivity index (χ1v) is 6.68. The normalized spacial score (nSPS) is 30.1. The Morgan fingerprint density at radius 1 is 1.00 bits per heavy atom. The minimum atomic E-state index is 0.170. The summed E-state index contributed by atoms with van der Waals surface area (Å²) in [5.41, 5.74) is 0. The summed E-state index contributed by atoms with van der Waals surface area (Å²) in [4.78, 5) is 25.5. The second-order valence-electron chi connectivity index (χ2n) is 5.23. The van der Waals surface area contributed by atoms with Crippen molar-refractivity contribution in [2.45, 2.75) is 32.6 Å². The minimum Gasteiger partial charge on any atom is -0.340 e. The van der Waals surface area contributed by atoms with Gasteiger partial charge < -0.3 is 10.2 Å². The average molecular weight is 238 g/mol. The molecule has 1 saturated carbocycles. The van der Waals surface area contributed by atoms with E-state index in [1.54, 1.807) is 6.92 Å². The summed E-state index contributed by atoms with van der Waals surface area (Å²) < 4.78 is 0. The van der Waals surface area contributed by atoms with E-state index in [2.05, 4.69) is 5.32 Å². The van der Waals surface area contributed by atoms with Crippen molar-refractivity contribution < 1.29 is 9.59 Å². The van der Waals surface area contributed by atoms with Crippen LogP contribution < -0.4 is 5.32 Å². The van der Waals surface area contributed by atoms with Crippen molar-refractivity contribution in [1.82, 2.24) is 10.2 Å². The fourth-order valence-electron chi connectivity index (χ4n) is 2.89. The van der Waals surface area contributed by atoms with Crippen LogP contribution in [0.5, 0.6) is 0 Å². The molecular formula is C13H22N2O2. The molecule has 0 aromatic rings. The second-order valence-corrected chi connectivity index (χ2v) is 5.23. The van der Waals surface area contributed by atoms with Crippen LogP contribution >= 0.6 is 0 Å². The molecule has 0 radical (unpaired) electrons. The number of hydrogen-bond donors (Lipinski definition) is 1. The topological polar surface area (TPSA) is 49.4 Å². The van der Waals surface area contributed by atoms with Crippen LogP contribution in [0.4, 0.5) is 0 Å². The molecule has 2 rings (SSSR count). The van der Waals surface area contributed by atoms with Gasteiger partial charge in [0.05, 0.1) is 0 Å². The van der Waals surface area contributed by atoms with E-state index in [4.69, 9.17) is 0 Å². The molecule has 0 aromatic carbocycles. The summed E-state index contributed by atoms with van der Waals surface area (Å²) in [6, 6.07) is 0. The number of Topliss-reactive ketones (excluding diaryl/α,β-unsaturated/α-hetero) is 1. The Morgan fingerprint density at radius 3 is 2.06 bits per heavy atom. The standard InChI is InChI=1S/C13H22N2O2/c1-10(16)11-2-4-12(5-3-11)13(17)15-8-6-14-7-9-15/h11-12,14H,2-9H2,1H3/t11-,12-. The lowest BCUT2D eigenvalue weighted by Gasteiger charge is -2.33. The third-order valence-corrected chi connectivity index (χ3v) is 4.08. The van der Waals surface area contributed by atoms with Crippen LogP contribution in [-0.4, -0.2) is 42.8 Å². The van der Waals surface area contributed by atoms with Gasteiger partial charge in [0.2, 0.25) is 5.91 Å². The number of nitrogens with zero attached hydrogens (tertiary/aromatic N) is 1. The van der Waals surface area contributed by atoms with E-state index in [-0.39, 0.29) is 17.6 Å². The lowest BCUT2D eigenvalue weighted by molar-refractivity contribution is -0.138. The summed E-state index contributed by atoms with van der Waals surface area (Å²) >= 11 is 0. The lowest BCUT2D eigenvalue weighted by atomic mass is 9.79. The number of rotatable bonds is 2. The highest BCUT2D eigenvalue weighted by molar-refractivity contribution is 5.81. The molecule has 4 heteroatoms. The van der Waals surface area contributed by atoms with E-state index in [9.17, 15) is 9.59 Å². The molecule has 1 aliphatic carbocycles. The molecule has 1 aliphatic heterocycles. The van der Waals surface area contributed by atoms with Crippen molar-refractivity contribution in [2.24, 2.45) is 11.8 Å². The van der Waals surface area contributed by atoms with Crippen LogP contribution in [0.25, 0.3) is 0 Å². The van der Waals surface area contributed by atoms with Gasteiger partial charge in [-0.1, -0.05) is 0 Å². The van der Waals surface area contributed by atoms with Gasteiger partial charge in [0, 0.05) is 38.0 Å². The van der Waals surface area contributed by atoms with Crippen molar-refractivity contribution in [3.63, 3.8) is 0 Å². The Balaban J connectivity index is 1.83. The largest absolute Gasteiger partial charge is 0.340 e. The van der Waals surface area contributed by atoms with Gasteiger partial charge in [0.25, 0.3) is 0 Å². The molecule has 2 aliphatic rings. The molecule has 4 nitrogen and oxygen atoms in total. The first-order chi connectivity index (χ1) is 8.18. The zero-order valence-corrected chi connectivity index (χ0v) is 10.6. The average Bonchev–Trinajstić information content (AvgIpc) is 2.39. The maximum atomic E-state index is 12.2. The Hall–Kier alpha value is -0.900. The van der Waals surface area contributed by atoms with E-state index >= 15 is 0 Å².